The van der Waals surface area contributed by atoms with Gasteiger partial charge in [0.05, 0.1) is 35.4 Å². The molecule has 0 radical (unpaired) electrons. The first-order valence-corrected chi connectivity index (χ1v) is 10.5. The van der Waals surface area contributed by atoms with Crippen molar-refractivity contribution in [1.29, 1.82) is 0 Å². The topological polar surface area (TPSA) is 78.2 Å². The summed E-state index contributed by atoms with van der Waals surface area (Å²) in [6.07, 6.45) is -3.13. The smallest absolute Gasteiger partial charge is 0.352 e. The van der Waals surface area contributed by atoms with Gasteiger partial charge in [-0.25, -0.2) is 14.2 Å². The van der Waals surface area contributed by atoms with E-state index in [4.69, 9.17) is 6.57 Å². The predicted molar refractivity (Wildman–Crippen MR) is 123 cm³/mol. The fraction of sp³-hybridized carbons (Fsp3) is 0.167. The lowest BCUT2D eigenvalue weighted by atomic mass is 10.1. The molecule has 0 unspecified atom stereocenters. The van der Waals surface area contributed by atoms with Gasteiger partial charge in [0.1, 0.15) is 11.3 Å². The van der Waals surface area contributed by atoms with Crippen LogP contribution in [0.15, 0.2) is 65.6 Å². The first-order chi connectivity index (χ1) is 16.7. The maximum Gasteiger partial charge on any atom is 0.416 e. The summed E-state index contributed by atoms with van der Waals surface area (Å²) in [6.45, 7) is 9.05. The van der Waals surface area contributed by atoms with Crippen molar-refractivity contribution in [3.63, 3.8) is 0 Å². The Morgan fingerprint density at radius 2 is 1.83 bits per heavy atom. The third-order valence-corrected chi connectivity index (χ3v) is 5.36. The molecule has 1 amide bonds. The van der Waals surface area contributed by atoms with E-state index in [0.717, 1.165) is 16.8 Å². The number of carbonyl (C=O) groups excluding carboxylic acids is 1. The van der Waals surface area contributed by atoms with Crippen molar-refractivity contribution in [2.75, 3.05) is 6.54 Å². The summed E-state index contributed by atoms with van der Waals surface area (Å²) in [7, 11) is 1.49. The molecule has 35 heavy (non-hydrogen) atoms. The zero-order valence-electron chi connectivity index (χ0n) is 18.7. The summed E-state index contributed by atoms with van der Waals surface area (Å²) >= 11 is 0. The molecular formula is C24H19F3N6O2. The summed E-state index contributed by atoms with van der Waals surface area (Å²) in [6, 6.07) is 12.5. The second-order valence-electron chi connectivity index (χ2n) is 7.53. The van der Waals surface area contributed by atoms with E-state index in [9.17, 15) is 22.8 Å². The molecule has 0 aliphatic rings. The Bertz CT molecular complexity index is 1500. The van der Waals surface area contributed by atoms with Crippen LogP contribution in [0.25, 0.3) is 27.6 Å². The molecule has 0 saturated carbocycles. The molecule has 8 nitrogen and oxygen atoms in total. The first kappa shape index (κ1) is 23.6. The van der Waals surface area contributed by atoms with E-state index in [1.54, 1.807) is 37.3 Å². The van der Waals surface area contributed by atoms with E-state index in [0.29, 0.717) is 17.1 Å². The average Bonchev–Trinajstić information content (AvgIpc) is 3.40. The largest absolute Gasteiger partial charge is 0.416 e. The van der Waals surface area contributed by atoms with Crippen molar-refractivity contribution in [2.24, 2.45) is 7.05 Å². The predicted octanol–water partition coefficient (Wildman–Crippen LogP) is 4.35. The van der Waals surface area contributed by atoms with Crippen molar-refractivity contribution in [3.05, 3.63) is 93.7 Å². The van der Waals surface area contributed by atoms with E-state index in [2.05, 4.69) is 15.3 Å². The molecule has 0 fully saturated rings. The normalized spacial score (nSPS) is 11.3. The Labute approximate surface area is 197 Å². The van der Waals surface area contributed by atoms with Crippen molar-refractivity contribution in [3.8, 4) is 22.8 Å². The number of hydrogen-bond donors (Lipinski definition) is 1. The molecule has 0 spiro atoms. The second kappa shape index (κ2) is 8.98. The second-order valence-corrected chi connectivity index (χ2v) is 7.53. The zero-order chi connectivity index (χ0) is 25.3. The fourth-order valence-corrected chi connectivity index (χ4v) is 3.81. The number of carbonyl (C=O) groups is 1. The van der Waals surface area contributed by atoms with Gasteiger partial charge in [-0.1, -0.05) is 18.2 Å². The van der Waals surface area contributed by atoms with Crippen LogP contribution in [0.1, 0.15) is 22.8 Å². The maximum absolute atomic E-state index is 13.5. The van der Waals surface area contributed by atoms with E-state index < -0.39 is 23.2 Å². The summed E-state index contributed by atoms with van der Waals surface area (Å²) < 4.78 is 43.8. The molecule has 0 atom stereocenters. The van der Waals surface area contributed by atoms with Crippen molar-refractivity contribution in [1.82, 2.24) is 24.5 Å². The monoisotopic (exact) mass is 480 g/mol. The van der Waals surface area contributed by atoms with Crippen molar-refractivity contribution < 1.29 is 18.0 Å². The lowest BCUT2D eigenvalue weighted by Gasteiger charge is -2.14. The van der Waals surface area contributed by atoms with Gasteiger partial charge >= 0.3 is 6.18 Å². The number of nitrogens with zero attached hydrogens (tertiary/aromatic N) is 5. The molecule has 0 bridgehead atoms. The van der Waals surface area contributed by atoms with Crippen LogP contribution in [0.4, 0.5) is 18.9 Å². The van der Waals surface area contributed by atoms with Gasteiger partial charge in [-0.2, -0.15) is 18.3 Å². The third-order valence-electron chi connectivity index (χ3n) is 5.36. The van der Waals surface area contributed by atoms with E-state index in [1.807, 2.05) is 0 Å². The summed E-state index contributed by atoms with van der Waals surface area (Å²) in [4.78, 5) is 29.8. The van der Waals surface area contributed by atoms with E-state index >= 15 is 0 Å². The van der Waals surface area contributed by atoms with Crippen LogP contribution < -0.4 is 10.9 Å². The van der Waals surface area contributed by atoms with E-state index in [-0.39, 0.29) is 23.5 Å². The number of alkyl halides is 3. The molecule has 2 aromatic heterocycles. The van der Waals surface area contributed by atoms with Crippen LogP contribution in [-0.4, -0.2) is 31.6 Å². The quantitative estimate of drug-likeness (QED) is 0.432. The average molecular weight is 480 g/mol. The lowest BCUT2D eigenvalue weighted by Crippen LogP contribution is -2.30. The van der Waals surface area contributed by atoms with Crippen LogP contribution in [-0.2, 0) is 13.2 Å². The maximum atomic E-state index is 13.5. The van der Waals surface area contributed by atoms with Crippen LogP contribution in [0.5, 0.6) is 0 Å². The van der Waals surface area contributed by atoms with Gasteiger partial charge in [0.15, 0.2) is 5.69 Å². The minimum Gasteiger partial charge on any atom is -0.352 e. The van der Waals surface area contributed by atoms with Gasteiger partial charge in [-0.15, -0.1) is 0 Å². The van der Waals surface area contributed by atoms with E-state index in [1.165, 1.54) is 34.7 Å². The van der Waals surface area contributed by atoms with Gasteiger partial charge in [0.2, 0.25) is 0 Å². The summed E-state index contributed by atoms with van der Waals surface area (Å²) in [5.41, 5.74) is -0.440. The fourth-order valence-electron chi connectivity index (χ4n) is 3.81. The standard InChI is InChI=1S/C24H19F3N6O2/c1-4-29-22(34)20-21(19-12-13-30-32(19)17-10-8-16(28-2)9-11-17)31(3)33(23(20)35)18-7-5-6-15(14-18)24(25,26)27/h5-14H,4H2,1,3H3,(H,29,34). The molecule has 4 aromatic rings. The molecule has 4 rings (SSSR count). The minimum absolute atomic E-state index is 0.0448. The van der Waals surface area contributed by atoms with Crippen LogP contribution in [0, 0.1) is 6.57 Å². The Morgan fingerprint density at radius 1 is 1.11 bits per heavy atom. The molecule has 0 aliphatic carbocycles. The number of hydrogen-bond acceptors (Lipinski definition) is 3. The summed E-state index contributed by atoms with van der Waals surface area (Å²) in [5, 5.41) is 6.90. The molecule has 11 heteroatoms. The number of amides is 1. The van der Waals surface area contributed by atoms with Crippen LogP contribution in [0.3, 0.4) is 0 Å². The van der Waals surface area contributed by atoms with Crippen molar-refractivity contribution in [2.45, 2.75) is 13.1 Å². The Kier molecular flexibility index (Phi) is 6.05. The third kappa shape index (κ3) is 4.21. The minimum atomic E-state index is -4.61. The Hall–Kier alpha value is -4.59. The molecule has 1 N–H and O–H groups in total. The number of halogens is 3. The molecule has 0 saturated heterocycles. The summed E-state index contributed by atoms with van der Waals surface area (Å²) in [5.74, 6) is -0.662. The number of rotatable bonds is 5. The van der Waals surface area contributed by atoms with Crippen molar-refractivity contribution >= 4 is 11.6 Å². The van der Waals surface area contributed by atoms with Gasteiger partial charge in [0, 0.05) is 13.6 Å². The van der Waals surface area contributed by atoms with Crippen LogP contribution >= 0.6 is 0 Å². The number of nitrogens with one attached hydrogen (secondary N) is 1. The highest BCUT2D eigenvalue weighted by Gasteiger charge is 2.32. The Morgan fingerprint density at radius 3 is 2.46 bits per heavy atom. The van der Waals surface area contributed by atoms with Gasteiger partial charge in [0.25, 0.3) is 11.5 Å². The highest BCUT2D eigenvalue weighted by molar-refractivity contribution is 5.99. The van der Waals surface area contributed by atoms with Gasteiger partial charge < -0.3 is 5.32 Å². The highest BCUT2D eigenvalue weighted by Crippen LogP contribution is 2.31. The SMILES string of the molecule is [C-]#[N+]c1ccc(-n2nccc2-c2c(C(=O)NCC)c(=O)n(-c3cccc(C(F)(F)F)c3)n2C)cc1. The molecule has 0 aliphatic heterocycles. The molecule has 2 heterocycles. The molecular weight excluding hydrogens is 461 g/mol. The molecule has 2 aromatic carbocycles. The molecule has 178 valence electrons. The van der Waals surface area contributed by atoms with Gasteiger partial charge in [-0.05, 0) is 43.3 Å². The zero-order valence-corrected chi connectivity index (χ0v) is 18.7. The van der Waals surface area contributed by atoms with Crippen LogP contribution in [0.2, 0.25) is 0 Å². The highest BCUT2D eigenvalue weighted by atomic mass is 19.4. The number of aromatic nitrogens is 4. The first-order valence-electron chi connectivity index (χ1n) is 10.5. The Balaban J connectivity index is 1.98. The van der Waals surface area contributed by atoms with Gasteiger partial charge in [-0.3, -0.25) is 14.3 Å². The number of benzene rings is 2. The lowest BCUT2D eigenvalue weighted by molar-refractivity contribution is -0.137.